The number of carbonyl (C=O) groups is 2. The second kappa shape index (κ2) is 41.4. The van der Waals surface area contributed by atoms with E-state index < -0.39 is 12.1 Å². The van der Waals surface area contributed by atoms with Gasteiger partial charge in [-0.3, -0.25) is 9.59 Å². The Morgan fingerprint density at radius 2 is 0.941 bits per heavy atom. The molecule has 2 unspecified atom stereocenters. The molecule has 0 aliphatic carbocycles. The SMILES string of the molecule is CCCC/C=C\CCCCCCCC(=O)OCCCCCCCCCCCCCCCCC(=O)NC(CO)C(O)CCCCCCCCCCC. The number of hydrogen-bond donors (Lipinski definition) is 3. The fourth-order valence-electron chi connectivity index (χ4n) is 6.79. The number of unbranched alkanes of at least 4 members (excludes halogenated alkanes) is 28. The summed E-state index contributed by atoms with van der Waals surface area (Å²) in [6.07, 6.45) is 44.5. The van der Waals surface area contributed by atoms with Crippen molar-refractivity contribution in [2.24, 2.45) is 0 Å². The second-order valence-corrected chi connectivity index (χ2v) is 15.4. The third-order valence-corrected chi connectivity index (χ3v) is 10.3. The Labute approximate surface area is 317 Å². The van der Waals surface area contributed by atoms with Gasteiger partial charge in [0.05, 0.1) is 25.4 Å². The van der Waals surface area contributed by atoms with E-state index in [0.29, 0.717) is 25.9 Å². The quantitative estimate of drug-likeness (QED) is 0.0332. The number of ether oxygens (including phenoxy) is 1. The highest BCUT2D eigenvalue weighted by Gasteiger charge is 2.20. The standard InChI is InChI=1S/C45H87NO5/c1-3-5-7-9-11-13-18-23-27-31-35-39-45(50)51-40-36-32-28-24-20-17-15-14-16-19-22-26-30-34-38-44(49)46-42(41-47)43(48)37-33-29-25-21-12-10-8-6-4-2/h9,11,42-43,47-48H,3-8,10,12-41H2,1-2H3,(H,46,49)/b11-9-. The molecule has 0 spiro atoms. The van der Waals surface area contributed by atoms with Crippen LogP contribution in [0.2, 0.25) is 0 Å². The maximum absolute atomic E-state index is 12.4. The zero-order valence-electron chi connectivity index (χ0n) is 34.1. The normalized spacial score (nSPS) is 12.8. The van der Waals surface area contributed by atoms with Gasteiger partial charge in [-0.15, -0.1) is 0 Å². The summed E-state index contributed by atoms with van der Waals surface area (Å²) in [5.41, 5.74) is 0. The van der Waals surface area contributed by atoms with Gasteiger partial charge in [0.1, 0.15) is 0 Å². The van der Waals surface area contributed by atoms with Gasteiger partial charge in [-0.2, -0.15) is 0 Å². The van der Waals surface area contributed by atoms with Crippen molar-refractivity contribution in [3.05, 3.63) is 12.2 Å². The average Bonchev–Trinajstić information content (AvgIpc) is 3.13. The van der Waals surface area contributed by atoms with Crippen molar-refractivity contribution in [2.45, 2.75) is 251 Å². The molecule has 0 aromatic heterocycles. The van der Waals surface area contributed by atoms with Crippen molar-refractivity contribution >= 4 is 11.9 Å². The van der Waals surface area contributed by atoms with E-state index >= 15 is 0 Å². The van der Waals surface area contributed by atoms with Crippen molar-refractivity contribution in [1.82, 2.24) is 5.32 Å². The molecular formula is C45H87NO5. The summed E-state index contributed by atoms with van der Waals surface area (Å²) in [6.45, 7) is 4.86. The number of esters is 1. The van der Waals surface area contributed by atoms with Crippen LogP contribution in [0.5, 0.6) is 0 Å². The van der Waals surface area contributed by atoms with Gasteiger partial charge in [0.15, 0.2) is 0 Å². The molecule has 0 heterocycles. The van der Waals surface area contributed by atoms with Crippen molar-refractivity contribution in [3.63, 3.8) is 0 Å². The van der Waals surface area contributed by atoms with Gasteiger partial charge in [-0.05, 0) is 44.9 Å². The van der Waals surface area contributed by atoms with Gasteiger partial charge in [-0.25, -0.2) is 0 Å². The lowest BCUT2D eigenvalue weighted by Gasteiger charge is -2.22. The van der Waals surface area contributed by atoms with Gasteiger partial charge in [0.2, 0.25) is 5.91 Å². The molecule has 6 heteroatoms. The van der Waals surface area contributed by atoms with Crippen LogP contribution in [0.1, 0.15) is 239 Å². The van der Waals surface area contributed by atoms with E-state index in [-0.39, 0.29) is 18.5 Å². The third-order valence-electron chi connectivity index (χ3n) is 10.3. The highest BCUT2D eigenvalue weighted by molar-refractivity contribution is 5.76. The minimum atomic E-state index is -0.668. The topological polar surface area (TPSA) is 95.9 Å². The van der Waals surface area contributed by atoms with Crippen LogP contribution in [-0.2, 0) is 14.3 Å². The number of aliphatic hydroxyl groups is 2. The highest BCUT2D eigenvalue weighted by atomic mass is 16.5. The lowest BCUT2D eigenvalue weighted by atomic mass is 10.0. The van der Waals surface area contributed by atoms with Crippen LogP contribution in [0.25, 0.3) is 0 Å². The van der Waals surface area contributed by atoms with Gasteiger partial charge < -0.3 is 20.3 Å². The molecule has 0 aliphatic rings. The Kier molecular flexibility index (Phi) is 40.2. The molecule has 0 bridgehead atoms. The molecular weight excluding hydrogens is 634 g/mol. The predicted molar refractivity (Wildman–Crippen MR) is 218 cm³/mol. The number of allylic oxidation sites excluding steroid dienone is 2. The molecule has 0 saturated carbocycles. The predicted octanol–water partition coefficient (Wildman–Crippen LogP) is 12.6. The van der Waals surface area contributed by atoms with E-state index in [9.17, 15) is 19.8 Å². The van der Waals surface area contributed by atoms with Gasteiger partial charge in [-0.1, -0.05) is 193 Å². The highest BCUT2D eigenvalue weighted by Crippen LogP contribution is 2.15. The summed E-state index contributed by atoms with van der Waals surface area (Å²) in [5.74, 6) is -0.0628. The number of rotatable bonds is 41. The number of hydrogen-bond acceptors (Lipinski definition) is 5. The Bertz CT molecular complexity index is 757. The number of nitrogens with one attached hydrogen (secondary N) is 1. The lowest BCUT2D eigenvalue weighted by Crippen LogP contribution is -2.45. The van der Waals surface area contributed by atoms with E-state index in [2.05, 4.69) is 31.3 Å². The fourth-order valence-corrected chi connectivity index (χ4v) is 6.79. The van der Waals surface area contributed by atoms with Gasteiger partial charge in [0, 0.05) is 12.8 Å². The second-order valence-electron chi connectivity index (χ2n) is 15.4. The van der Waals surface area contributed by atoms with Gasteiger partial charge >= 0.3 is 5.97 Å². The molecule has 0 aromatic rings. The number of aliphatic hydroxyl groups excluding tert-OH is 2. The molecule has 6 nitrogen and oxygen atoms in total. The lowest BCUT2D eigenvalue weighted by molar-refractivity contribution is -0.143. The van der Waals surface area contributed by atoms with E-state index in [0.717, 1.165) is 51.4 Å². The Balaban J connectivity index is 3.43. The first kappa shape index (κ1) is 49.6. The van der Waals surface area contributed by atoms with Crippen molar-refractivity contribution in [3.8, 4) is 0 Å². The zero-order valence-corrected chi connectivity index (χ0v) is 34.1. The molecule has 0 aliphatic heterocycles. The number of carbonyl (C=O) groups excluding carboxylic acids is 2. The first-order valence-electron chi connectivity index (χ1n) is 22.4. The maximum atomic E-state index is 12.4. The molecule has 0 radical (unpaired) electrons. The largest absolute Gasteiger partial charge is 0.466 e. The van der Waals surface area contributed by atoms with Crippen LogP contribution in [-0.4, -0.2) is 47.4 Å². The first-order valence-corrected chi connectivity index (χ1v) is 22.4. The molecule has 0 fully saturated rings. The average molecular weight is 722 g/mol. The summed E-state index contributed by atoms with van der Waals surface area (Å²) in [5, 5.41) is 23.0. The summed E-state index contributed by atoms with van der Waals surface area (Å²) in [7, 11) is 0. The monoisotopic (exact) mass is 722 g/mol. The van der Waals surface area contributed by atoms with Crippen molar-refractivity contribution in [2.75, 3.05) is 13.2 Å². The molecule has 0 saturated heterocycles. The van der Waals surface area contributed by atoms with Crippen molar-refractivity contribution < 1.29 is 24.5 Å². The minimum absolute atomic E-state index is 0.0139. The van der Waals surface area contributed by atoms with E-state index in [1.165, 1.54) is 154 Å². The van der Waals surface area contributed by atoms with Crippen LogP contribution in [0, 0.1) is 0 Å². The molecule has 0 aromatic carbocycles. The first-order chi connectivity index (χ1) is 25.0. The zero-order chi connectivity index (χ0) is 37.3. The summed E-state index contributed by atoms with van der Waals surface area (Å²) < 4.78 is 5.43. The maximum Gasteiger partial charge on any atom is 0.305 e. The van der Waals surface area contributed by atoms with Crippen LogP contribution >= 0.6 is 0 Å². The Morgan fingerprint density at radius 3 is 1.45 bits per heavy atom. The minimum Gasteiger partial charge on any atom is -0.466 e. The van der Waals surface area contributed by atoms with Crippen molar-refractivity contribution in [1.29, 1.82) is 0 Å². The summed E-state index contributed by atoms with van der Waals surface area (Å²) in [6, 6.07) is -0.546. The molecule has 0 rings (SSSR count). The van der Waals surface area contributed by atoms with E-state index in [1.807, 2.05) is 0 Å². The summed E-state index contributed by atoms with van der Waals surface area (Å²) in [4.78, 5) is 24.3. The smallest absolute Gasteiger partial charge is 0.305 e. The Hall–Kier alpha value is -1.40. The Morgan fingerprint density at radius 1 is 0.529 bits per heavy atom. The van der Waals surface area contributed by atoms with Crippen LogP contribution in [0.15, 0.2) is 12.2 Å². The molecule has 3 N–H and O–H groups in total. The van der Waals surface area contributed by atoms with Crippen LogP contribution < -0.4 is 5.32 Å². The van der Waals surface area contributed by atoms with Crippen LogP contribution in [0.4, 0.5) is 0 Å². The van der Waals surface area contributed by atoms with E-state index in [1.54, 1.807) is 0 Å². The van der Waals surface area contributed by atoms with E-state index in [4.69, 9.17) is 4.74 Å². The molecule has 51 heavy (non-hydrogen) atoms. The summed E-state index contributed by atoms with van der Waals surface area (Å²) >= 11 is 0. The third kappa shape index (κ3) is 38.1. The van der Waals surface area contributed by atoms with Gasteiger partial charge in [0.25, 0.3) is 0 Å². The fraction of sp³-hybridized carbons (Fsp3) is 0.911. The molecule has 302 valence electrons. The molecule has 1 amide bonds. The van der Waals surface area contributed by atoms with Crippen LogP contribution in [0.3, 0.4) is 0 Å². The number of amides is 1. The molecule has 2 atom stereocenters.